The van der Waals surface area contributed by atoms with Crippen LogP contribution in [0.5, 0.6) is 0 Å². The molecule has 27 heavy (non-hydrogen) atoms. The van der Waals surface area contributed by atoms with Gasteiger partial charge in [0, 0.05) is 17.5 Å². The predicted octanol–water partition coefficient (Wildman–Crippen LogP) is 3.87. The van der Waals surface area contributed by atoms with Gasteiger partial charge in [0.1, 0.15) is 5.00 Å². The number of hydrogen-bond acceptors (Lipinski definition) is 5. The molecule has 2 amide bonds. The first kappa shape index (κ1) is 19.1. The van der Waals surface area contributed by atoms with Crippen molar-refractivity contribution >= 4 is 39.8 Å². The van der Waals surface area contributed by atoms with Crippen LogP contribution in [0.25, 0.3) is 0 Å². The number of carbonyl (C=O) groups is 3. The molecule has 6 nitrogen and oxygen atoms in total. The van der Waals surface area contributed by atoms with Crippen LogP contribution in [0.1, 0.15) is 51.4 Å². The summed E-state index contributed by atoms with van der Waals surface area (Å²) in [7, 11) is 1.31. The number of esters is 1. The molecule has 1 aliphatic carbocycles. The summed E-state index contributed by atoms with van der Waals surface area (Å²) in [5.74, 6) is -0.392. The Morgan fingerprint density at radius 1 is 1.22 bits per heavy atom. The van der Waals surface area contributed by atoms with Crippen molar-refractivity contribution in [3.63, 3.8) is 0 Å². The lowest BCUT2D eigenvalue weighted by molar-refractivity contribution is -0.114. The number of benzene rings is 1. The summed E-state index contributed by atoms with van der Waals surface area (Å²) < 4.78 is 4.72. The molecule has 1 atom stereocenters. The number of amides is 2. The van der Waals surface area contributed by atoms with E-state index in [1.54, 1.807) is 24.3 Å². The summed E-state index contributed by atoms with van der Waals surface area (Å²) >= 11 is 1.48. The van der Waals surface area contributed by atoms with Gasteiger partial charge in [0.2, 0.25) is 5.91 Å². The summed E-state index contributed by atoms with van der Waals surface area (Å²) in [6, 6.07) is 6.59. The second kappa shape index (κ2) is 7.92. The van der Waals surface area contributed by atoms with Crippen molar-refractivity contribution in [2.24, 2.45) is 5.92 Å². The van der Waals surface area contributed by atoms with Gasteiger partial charge >= 0.3 is 5.97 Å². The molecule has 1 unspecified atom stereocenters. The van der Waals surface area contributed by atoms with E-state index in [0.29, 0.717) is 27.7 Å². The number of carbonyl (C=O) groups excluding carboxylic acids is 3. The lowest BCUT2D eigenvalue weighted by Gasteiger charge is -2.18. The number of hydrogen-bond donors (Lipinski definition) is 2. The molecule has 1 aromatic heterocycles. The minimum Gasteiger partial charge on any atom is -0.465 e. The van der Waals surface area contributed by atoms with E-state index in [1.807, 2.05) is 0 Å². The van der Waals surface area contributed by atoms with Gasteiger partial charge in [0.05, 0.1) is 18.2 Å². The topological polar surface area (TPSA) is 84.5 Å². The highest BCUT2D eigenvalue weighted by Gasteiger charge is 2.28. The van der Waals surface area contributed by atoms with Crippen LogP contribution in [0.2, 0.25) is 0 Å². The Hall–Kier alpha value is -2.67. The Balaban J connectivity index is 1.92. The van der Waals surface area contributed by atoms with Gasteiger partial charge in [-0.15, -0.1) is 11.3 Å². The Morgan fingerprint density at radius 2 is 2.00 bits per heavy atom. The summed E-state index contributed by atoms with van der Waals surface area (Å²) in [4.78, 5) is 37.5. The maximum absolute atomic E-state index is 13.0. The highest BCUT2D eigenvalue weighted by molar-refractivity contribution is 7.17. The third kappa shape index (κ3) is 4.19. The molecule has 142 valence electrons. The lowest BCUT2D eigenvalue weighted by atomic mass is 9.88. The SMILES string of the molecule is COC(=O)c1cccc(NC(=O)c2c(NC(C)=O)sc3c2CCC(C)C3)c1. The zero-order valence-corrected chi connectivity index (χ0v) is 16.4. The minimum atomic E-state index is -0.466. The lowest BCUT2D eigenvalue weighted by Crippen LogP contribution is -2.18. The summed E-state index contributed by atoms with van der Waals surface area (Å²) in [5, 5.41) is 6.23. The smallest absolute Gasteiger partial charge is 0.337 e. The Bertz CT molecular complexity index is 903. The summed E-state index contributed by atoms with van der Waals surface area (Å²) in [6.07, 6.45) is 2.75. The van der Waals surface area contributed by atoms with Gasteiger partial charge in [-0.3, -0.25) is 9.59 Å². The maximum Gasteiger partial charge on any atom is 0.337 e. The number of rotatable bonds is 4. The first-order valence-corrected chi connectivity index (χ1v) is 9.62. The first-order valence-electron chi connectivity index (χ1n) is 8.81. The highest BCUT2D eigenvalue weighted by atomic mass is 32.1. The largest absolute Gasteiger partial charge is 0.465 e. The highest BCUT2D eigenvalue weighted by Crippen LogP contribution is 2.40. The number of methoxy groups -OCH3 is 1. The average Bonchev–Trinajstić information content (AvgIpc) is 2.97. The predicted molar refractivity (Wildman–Crippen MR) is 106 cm³/mol. The van der Waals surface area contributed by atoms with Crippen molar-refractivity contribution in [1.82, 2.24) is 0 Å². The second-order valence-corrected chi connectivity index (χ2v) is 7.87. The minimum absolute atomic E-state index is 0.205. The maximum atomic E-state index is 13.0. The Morgan fingerprint density at radius 3 is 2.70 bits per heavy atom. The second-order valence-electron chi connectivity index (χ2n) is 6.76. The van der Waals surface area contributed by atoms with Crippen LogP contribution in [0, 0.1) is 5.92 Å². The van der Waals surface area contributed by atoms with Crippen LogP contribution < -0.4 is 10.6 Å². The van der Waals surface area contributed by atoms with E-state index >= 15 is 0 Å². The van der Waals surface area contributed by atoms with Gasteiger partial charge in [0.25, 0.3) is 5.91 Å². The van der Waals surface area contributed by atoms with Crippen molar-refractivity contribution in [3.8, 4) is 0 Å². The molecule has 0 fully saturated rings. The quantitative estimate of drug-likeness (QED) is 0.781. The molecule has 1 heterocycles. The van der Waals surface area contributed by atoms with E-state index in [0.717, 1.165) is 29.7 Å². The zero-order chi connectivity index (χ0) is 19.6. The van der Waals surface area contributed by atoms with Gasteiger partial charge in [0.15, 0.2) is 0 Å². The van der Waals surface area contributed by atoms with E-state index in [4.69, 9.17) is 4.74 Å². The van der Waals surface area contributed by atoms with Crippen LogP contribution >= 0.6 is 11.3 Å². The van der Waals surface area contributed by atoms with E-state index in [9.17, 15) is 14.4 Å². The van der Waals surface area contributed by atoms with Crippen molar-refractivity contribution < 1.29 is 19.1 Å². The summed E-state index contributed by atoms with van der Waals surface area (Å²) in [6.45, 7) is 3.63. The zero-order valence-electron chi connectivity index (χ0n) is 15.5. The van der Waals surface area contributed by atoms with E-state index in [2.05, 4.69) is 17.6 Å². The molecule has 0 radical (unpaired) electrons. The van der Waals surface area contributed by atoms with Crippen molar-refractivity contribution in [3.05, 3.63) is 45.8 Å². The Kier molecular flexibility index (Phi) is 5.60. The van der Waals surface area contributed by atoms with Gasteiger partial charge in [-0.25, -0.2) is 4.79 Å². The van der Waals surface area contributed by atoms with Crippen molar-refractivity contribution in [1.29, 1.82) is 0 Å². The van der Waals surface area contributed by atoms with Crippen LogP contribution in [0.15, 0.2) is 24.3 Å². The number of nitrogens with one attached hydrogen (secondary N) is 2. The number of ether oxygens (including phenoxy) is 1. The molecular weight excluding hydrogens is 364 g/mol. The molecule has 2 N–H and O–H groups in total. The van der Waals surface area contributed by atoms with Gasteiger partial charge < -0.3 is 15.4 Å². The fraction of sp³-hybridized carbons (Fsp3) is 0.350. The third-order valence-corrected chi connectivity index (χ3v) is 5.74. The molecule has 1 aromatic carbocycles. The van der Waals surface area contributed by atoms with Crippen LogP contribution in [0.3, 0.4) is 0 Å². The van der Waals surface area contributed by atoms with E-state index in [-0.39, 0.29) is 11.8 Å². The molecule has 0 saturated heterocycles. The molecule has 0 bridgehead atoms. The van der Waals surface area contributed by atoms with Crippen LogP contribution in [-0.2, 0) is 22.4 Å². The van der Waals surface area contributed by atoms with E-state index in [1.165, 1.54) is 25.4 Å². The molecule has 7 heteroatoms. The molecular formula is C20H22N2O4S. The molecule has 0 spiro atoms. The molecule has 0 saturated carbocycles. The average molecular weight is 386 g/mol. The summed E-state index contributed by atoms with van der Waals surface area (Å²) in [5.41, 5.74) is 2.41. The first-order chi connectivity index (χ1) is 12.9. The van der Waals surface area contributed by atoms with Crippen LogP contribution in [-0.4, -0.2) is 24.9 Å². The van der Waals surface area contributed by atoms with Crippen molar-refractivity contribution in [2.75, 3.05) is 17.7 Å². The van der Waals surface area contributed by atoms with Gasteiger partial charge in [-0.05, 0) is 48.9 Å². The normalized spacial score (nSPS) is 15.6. The Labute approximate surface area is 161 Å². The molecule has 1 aliphatic rings. The monoisotopic (exact) mass is 386 g/mol. The number of anilines is 2. The molecule has 2 aromatic rings. The number of fused-ring (bicyclic) bond motifs is 1. The fourth-order valence-electron chi connectivity index (χ4n) is 3.27. The fourth-order valence-corrected chi connectivity index (χ4v) is 4.73. The standard InChI is InChI=1S/C20H22N2O4S/c1-11-7-8-15-16(9-11)27-19(21-12(2)23)17(15)18(24)22-14-6-4-5-13(10-14)20(25)26-3/h4-6,10-11H,7-9H2,1-3H3,(H,21,23)(H,22,24). The van der Waals surface area contributed by atoms with E-state index < -0.39 is 5.97 Å². The molecule has 3 rings (SSSR count). The molecule has 0 aliphatic heterocycles. The van der Waals surface area contributed by atoms with Crippen molar-refractivity contribution in [2.45, 2.75) is 33.1 Å². The third-order valence-electron chi connectivity index (χ3n) is 4.57. The van der Waals surface area contributed by atoms with Gasteiger partial charge in [-0.1, -0.05) is 13.0 Å². The van der Waals surface area contributed by atoms with Gasteiger partial charge in [-0.2, -0.15) is 0 Å². The van der Waals surface area contributed by atoms with Crippen LogP contribution in [0.4, 0.5) is 10.7 Å². The number of thiophene rings is 1.